The molecule has 1 aliphatic carbocycles. The number of halogens is 3. The maximum Gasteiger partial charge on any atom is 0.255 e. The summed E-state index contributed by atoms with van der Waals surface area (Å²) in [5.74, 6) is 0.663. The van der Waals surface area contributed by atoms with E-state index in [4.69, 9.17) is 23.2 Å². The molecular weight excluding hydrogens is 343 g/mol. The Hall–Kier alpha value is -0.480. The topological polar surface area (TPSA) is 32.3 Å². The molecule has 6 heteroatoms. The fourth-order valence-electron chi connectivity index (χ4n) is 3.08. The van der Waals surface area contributed by atoms with Crippen molar-refractivity contribution in [3.8, 4) is 0 Å². The molecule has 0 radical (unpaired) electrons. The minimum absolute atomic E-state index is 0. The maximum absolute atomic E-state index is 12.9. The molecule has 1 aromatic carbocycles. The second-order valence-electron chi connectivity index (χ2n) is 6.00. The lowest BCUT2D eigenvalue weighted by Crippen LogP contribution is -2.45. The highest BCUT2D eigenvalue weighted by Crippen LogP contribution is 2.31. The Bertz CT molecular complexity index is 528. The molecule has 2 fully saturated rings. The van der Waals surface area contributed by atoms with E-state index in [0.717, 1.165) is 26.1 Å². The molecule has 22 heavy (non-hydrogen) atoms. The summed E-state index contributed by atoms with van der Waals surface area (Å²) in [7, 11) is 0. The summed E-state index contributed by atoms with van der Waals surface area (Å²) in [5, 5.41) is 4.15. The van der Waals surface area contributed by atoms with Crippen LogP contribution >= 0.6 is 35.6 Å². The molecule has 0 unspecified atom stereocenters. The molecule has 1 amide bonds. The van der Waals surface area contributed by atoms with Crippen LogP contribution in [0.1, 0.15) is 36.0 Å². The summed E-state index contributed by atoms with van der Waals surface area (Å²) in [4.78, 5) is 15.0. The van der Waals surface area contributed by atoms with Gasteiger partial charge < -0.3 is 10.2 Å². The van der Waals surface area contributed by atoms with Gasteiger partial charge in [0, 0.05) is 19.1 Å². The normalized spacial score (nSPS) is 21.1. The highest BCUT2D eigenvalue weighted by atomic mass is 35.5. The zero-order valence-electron chi connectivity index (χ0n) is 12.4. The van der Waals surface area contributed by atoms with Gasteiger partial charge in [-0.15, -0.1) is 12.4 Å². The van der Waals surface area contributed by atoms with Gasteiger partial charge in [0.2, 0.25) is 0 Å². The number of nitrogens with zero attached hydrogens (tertiary/aromatic N) is 1. The largest absolute Gasteiger partial charge is 0.334 e. The van der Waals surface area contributed by atoms with Crippen LogP contribution in [0.15, 0.2) is 18.2 Å². The van der Waals surface area contributed by atoms with E-state index in [1.54, 1.807) is 18.2 Å². The molecule has 1 aliphatic heterocycles. The zero-order valence-corrected chi connectivity index (χ0v) is 14.7. The molecule has 1 atom stereocenters. The van der Waals surface area contributed by atoms with Crippen molar-refractivity contribution in [2.24, 2.45) is 5.92 Å². The molecule has 3 nitrogen and oxygen atoms in total. The third-order valence-corrected chi connectivity index (χ3v) is 5.42. The molecule has 0 spiro atoms. The number of rotatable bonds is 4. The number of nitrogens with one attached hydrogen (secondary N) is 1. The number of carbonyl (C=O) groups excluding carboxylic acids is 1. The second kappa shape index (κ2) is 7.87. The first-order chi connectivity index (χ1) is 10.2. The summed E-state index contributed by atoms with van der Waals surface area (Å²) < 4.78 is 0. The Balaban J connectivity index is 0.00000176. The SMILES string of the molecule is Cl.O=C(c1cccc(Cl)c1Cl)N(CC1CCC1)[C@H]1CCNC1. The minimum atomic E-state index is 0. The lowest BCUT2D eigenvalue weighted by molar-refractivity contribution is 0.0616. The Kier molecular flexibility index (Phi) is 6.39. The zero-order chi connectivity index (χ0) is 14.8. The van der Waals surface area contributed by atoms with Gasteiger partial charge >= 0.3 is 0 Å². The Labute approximate surface area is 147 Å². The first-order valence-corrected chi connectivity index (χ1v) is 8.38. The quantitative estimate of drug-likeness (QED) is 0.876. The van der Waals surface area contributed by atoms with E-state index in [0.29, 0.717) is 21.5 Å². The third-order valence-electron chi connectivity index (χ3n) is 4.60. The van der Waals surface area contributed by atoms with Crippen molar-refractivity contribution in [1.82, 2.24) is 10.2 Å². The van der Waals surface area contributed by atoms with Crippen molar-refractivity contribution in [3.63, 3.8) is 0 Å². The summed E-state index contributed by atoms with van der Waals surface area (Å²) in [5.41, 5.74) is 0.524. The van der Waals surface area contributed by atoms with Gasteiger partial charge in [0.1, 0.15) is 0 Å². The van der Waals surface area contributed by atoms with Crippen molar-refractivity contribution in [3.05, 3.63) is 33.8 Å². The molecule has 0 aromatic heterocycles. The van der Waals surface area contributed by atoms with Crippen LogP contribution in [0.2, 0.25) is 10.0 Å². The van der Waals surface area contributed by atoms with Crippen LogP contribution in [0.3, 0.4) is 0 Å². The highest BCUT2D eigenvalue weighted by molar-refractivity contribution is 6.43. The summed E-state index contributed by atoms with van der Waals surface area (Å²) in [6.07, 6.45) is 4.75. The van der Waals surface area contributed by atoms with Crippen molar-refractivity contribution in [2.75, 3.05) is 19.6 Å². The van der Waals surface area contributed by atoms with Crippen molar-refractivity contribution < 1.29 is 4.79 Å². The Morgan fingerprint density at radius 2 is 2.05 bits per heavy atom. The standard InChI is InChI=1S/C16H20Cl2N2O.ClH/c17-14-6-2-5-13(15(14)18)16(21)20(10-11-3-1-4-11)12-7-8-19-9-12;/h2,5-6,11-12,19H,1,3-4,7-10H2;1H/t12-;/m0./s1. The van der Waals surface area contributed by atoms with Crippen LogP contribution in [0.5, 0.6) is 0 Å². The molecule has 122 valence electrons. The Morgan fingerprint density at radius 3 is 2.64 bits per heavy atom. The predicted molar refractivity (Wildman–Crippen MR) is 93.4 cm³/mol. The lowest BCUT2D eigenvalue weighted by atomic mass is 9.84. The predicted octanol–water partition coefficient (Wildman–Crippen LogP) is 4.02. The van der Waals surface area contributed by atoms with E-state index in [1.807, 2.05) is 4.90 Å². The maximum atomic E-state index is 12.9. The monoisotopic (exact) mass is 362 g/mol. The van der Waals surface area contributed by atoms with Crippen LogP contribution in [0.25, 0.3) is 0 Å². The van der Waals surface area contributed by atoms with Gasteiger partial charge in [-0.05, 0) is 43.9 Å². The summed E-state index contributed by atoms with van der Waals surface area (Å²) in [6, 6.07) is 5.55. The third kappa shape index (κ3) is 3.70. The number of hydrogen-bond acceptors (Lipinski definition) is 2. The summed E-state index contributed by atoms with van der Waals surface area (Å²) >= 11 is 12.3. The lowest BCUT2D eigenvalue weighted by Gasteiger charge is -2.36. The fraction of sp³-hybridized carbons (Fsp3) is 0.562. The molecule has 2 aliphatic rings. The van der Waals surface area contributed by atoms with Crippen LogP contribution < -0.4 is 5.32 Å². The van der Waals surface area contributed by atoms with Crippen LogP contribution in [0.4, 0.5) is 0 Å². The van der Waals surface area contributed by atoms with E-state index in [1.165, 1.54) is 19.3 Å². The average Bonchev–Trinajstić information content (AvgIpc) is 2.94. The molecule has 3 rings (SSSR count). The minimum Gasteiger partial charge on any atom is -0.334 e. The summed E-state index contributed by atoms with van der Waals surface area (Å²) in [6.45, 7) is 2.69. The van der Waals surface area contributed by atoms with Crippen LogP contribution in [-0.2, 0) is 0 Å². The highest BCUT2D eigenvalue weighted by Gasteiger charge is 2.32. The van der Waals surface area contributed by atoms with Gasteiger partial charge in [0.05, 0.1) is 15.6 Å². The fourth-order valence-corrected chi connectivity index (χ4v) is 3.46. The van der Waals surface area contributed by atoms with Gasteiger partial charge in [-0.1, -0.05) is 35.7 Å². The molecule has 1 heterocycles. The molecular formula is C16H21Cl3N2O. The number of hydrogen-bond donors (Lipinski definition) is 1. The second-order valence-corrected chi connectivity index (χ2v) is 6.79. The van der Waals surface area contributed by atoms with Gasteiger partial charge in [-0.25, -0.2) is 0 Å². The van der Waals surface area contributed by atoms with Crippen molar-refractivity contribution >= 4 is 41.5 Å². The van der Waals surface area contributed by atoms with E-state index < -0.39 is 0 Å². The average molecular weight is 364 g/mol. The number of amides is 1. The van der Waals surface area contributed by atoms with Gasteiger partial charge in [-0.2, -0.15) is 0 Å². The number of benzene rings is 1. The molecule has 1 aromatic rings. The molecule has 1 saturated carbocycles. The Morgan fingerprint density at radius 1 is 1.27 bits per heavy atom. The first kappa shape index (κ1) is 17.9. The van der Waals surface area contributed by atoms with Crippen molar-refractivity contribution in [1.29, 1.82) is 0 Å². The van der Waals surface area contributed by atoms with Crippen LogP contribution in [0, 0.1) is 5.92 Å². The molecule has 0 bridgehead atoms. The van der Waals surface area contributed by atoms with E-state index in [9.17, 15) is 4.79 Å². The molecule has 1 saturated heterocycles. The van der Waals surface area contributed by atoms with E-state index >= 15 is 0 Å². The van der Waals surface area contributed by atoms with Crippen molar-refractivity contribution in [2.45, 2.75) is 31.7 Å². The first-order valence-electron chi connectivity index (χ1n) is 7.62. The smallest absolute Gasteiger partial charge is 0.255 e. The number of carbonyl (C=O) groups is 1. The van der Waals surface area contributed by atoms with Gasteiger partial charge in [0.15, 0.2) is 0 Å². The van der Waals surface area contributed by atoms with Gasteiger partial charge in [-0.3, -0.25) is 4.79 Å². The van der Waals surface area contributed by atoms with Crippen LogP contribution in [-0.4, -0.2) is 36.5 Å². The van der Waals surface area contributed by atoms with E-state index in [-0.39, 0.29) is 24.4 Å². The van der Waals surface area contributed by atoms with Gasteiger partial charge in [0.25, 0.3) is 5.91 Å². The molecule has 1 N–H and O–H groups in total. The van der Waals surface area contributed by atoms with E-state index in [2.05, 4.69) is 5.32 Å².